The Labute approximate surface area is 126 Å². The average Bonchev–Trinajstić information content (AvgIpc) is 2.98. The van der Waals surface area contributed by atoms with Gasteiger partial charge >= 0.3 is 0 Å². The molecule has 1 aromatic carbocycles. The van der Waals surface area contributed by atoms with Crippen LogP contribution in [0.4, 0.5) is 0 Å². The van der Waals surface area contributed by atoms with Crippen LogP contribution in [-0.2, 0) is 6.42 Å². The monoisotopic (exact) mass is 285 g/mol. The minimum absolute atomic E-state index is 0.224. The van der Waals surface area contributed by atoms with Crippen molar-refractivity contribution in [3.8, 4) is 0 Å². The summed E-state index contributed by atoms with van der Waals surface area (Å²) in [6.07, 6.45) is 4.31. The molecule has 1 N–H and O–H groups in total. The molecule has 21 heavy (non-hydrogen) atoms. The van der Waals surface area contributed by atoms with Crippen LogP contribution >= 0.6 is 0 Å². The highest BCUT2D eigenvalue weighted by Gasteiger charge is 2.26. The van der Waals surface area contributed by atoms with Crippen LogP contribution < -0.4 is 5.32 Å². The summed E-state index contributed by atoms with van der Waals surface area (Å²) in [7, 11) is 0. The molecule has 0 amide bonds. The molecule has 0 saturated carbocycles. The summed E-state index contributed by atoms with van der Waals surface area (Å²) >= 11 is 0. The minimum atomic E-state index is 0.224. The van der Waals surface area contributed by atoms with E-state index in [4.69, 9.17) is 4.52 Å². The Morgan fingerprint density at radius 3 is 3.00 bits per heavy atom. The fraction of sp³-hybridized carbons (Fsp3) is 0.529. The van der Waals surface area contributed by atoms with Gasteiger partial charge in [-0.3, -0.25) is 0 Å². The van der Waals surface area contributed by atoms with Gasteiger partial charge in [0.1, 0.15) is 0 Å². The van der Waals surface area contributed by atoms with E-state index in [9.17, 15) is 0 Å². The number of nitrogens with one attached hydrogen (secondary N) is 1. The van der Waals surface area contributed by atoms with Gasteiger partial charge in [-0.2, -0.15) is 4.98 Å². The van der Waals surface area contributed by atoms with Crippen molar-refractivity contribution in [3.63, 3.8) is 0 Å². The maximum atomic E-state index is 5.49. The van der Waals surface area contributed by atoms with Crippen molar-refractivity contribution >= 4 is 0 Å². The fourth-order valence-corrected chi connectivity index (χ4v) is 3.01. The Morgan fingerprint density at radius 1 is 1.33 bits per heavy atom. The molecular weight excluding hydrogens is 262 g/mol. The maximum absolute atomic E-state index is 5.49. The summed E-state index contributed by atoms with van der Waals surface area (Å²) in [5.41, 5.74) is 2.53. The summed E-state index contributed by atoms with van der Waals surface area (Å²) < 4.78 is 5.49. The summed E-state index contributed by atoms with van der Waals surface area (Å²) in [6, 6.07) is 8.57. The predicted molar refractivity (Wildman–Crippen MR) is 82.0 cm³/mol. The van der Waals surface area contributed by atoms with Crippen LogP contribution in [0.25, 0.3) is 0 Å². The van der Waals surface area contributed by atoms with Gasteiger partial charge in [0.15, 0.2) is 5.82 Å². The van der Waals surface area contributed by atoms with Crippen LogP contribution in [0, 0.1) is 12.8 Å². The fourth-order valence-electron chi connectivity index (χ4n) is 3.01. The highest BCUT2D eigenvalue weighted by atomic mass is 16.5. The highest BCUT2D eigenvalue weighted by Crippen LogP contribution is 2.28. The van der Waals surface area contributed by atoms with Crippen LogP contribution in [0.3, 0.4) is 0 Å². The van der Waals surface area contributed by atoms with Crippen molar-refractivity contribution in [2.45, 2.75) is 45.6 Å². The van der Waals surface area contributed by atoms with Gasteiger partial charge in [-0.25, -0.2) is 0 Å². The first kappa shape index (κ1) is 14.3. The van der Waals surface area contributed by atoms with Gasteiger partial charge in [0.2, 0.25) is 5.89 Å². The predicted octanol–water partition coefficient (Wildman–Crippen LogP) is 3.42. The molecule has 1 aliphatic heterocycles. The number of hydrogen-bond donors (Lipinski definition) is 1. The van der Waals surface area contributed by atoms with Crippen LogP contribution in [0.1, 0.15) is 55.1 Å². The Balaban J connectivity index is 1.70. The lowest BCUT2D eigenvalue weighted by Crippen LogP contribution is -2.31. The largest absolute Gasteiger partial charge is 0.338 e. The van der Waals surface area contributed by atoms with E-state index in [1.165, 1.54) is 24.0 Å². The normalized spacial score (nSPS) is 22.4. The highest BCUT2D eigenvalue weighted by molar-refractivity contribution is 5.28. The van der Waals surface area contributed by atoms with Crippen LogP contribution in [0.15, 0.2) is 28.8 Å². The van der Waals surface area contributed by atoms with Crippen molar-refractivity contribution in [3.05, 3.63) is 47.1 Å². The standard InChI is InChI=1S/C17H23N3O/c1-3-13-8-9-18-15(10-13)17-19-16(20-21-17)11-14-7-5-4-6-12(14)2/h4-7,13,15,18H,3,8-11H2,1-2H3. The zero-order chi connectivity index (χ0) is 14.7. The third-order valence-electron chi connectivity index (χ3n) is 4.48. The molecule has 2 heterocycles. The second-order valence-electron chi connectivity index (χ2n) is 5.96. The lowest BCUT2D eigenvalue weighted by atomic mass is 9.90. The topological polar surface area (TPSA) is 51.0 Å². The van der Waals surface area contributed by atoms with Crippen molar-refractivity contribution in [1.29, 1.82) is 0 Å². The quantitative estimate of drug-likeness (QED) is 0.935. The van der Waals surface area contributed by atoms with Crippen LogP contribution in [0.5, 0.6) is 0 Å². The third kappa shape index (κ3) is 3.32. The lowest BCUT2D eigenvalue weighted by molar-refractivity contribution is 0.245. The zero-order valence-electron chi connectivity index (χ0n) is 12.8. The smallest absolute Gasteiger partial charge is 0.243 e. The summed E-state index contributed by atoms with van der Waals surface area (Å²) in [6.45, 7) is 5.41. The lowest BCUT2D eigenvalue weighted by Gasteiger charge is -2.27. The van der Waals surface area contributed by atoms with Crippen molar-refractivity contribution in [2.24, 2.45) is 5.92 Å². The molecule has 2 atom stereocenters. The van der Waals surface area contributed by atoms with Crippen molar-refractivity contribution in [1.82, 2.24) is 15.5 Å². The Kier molecular flexibility index (Phi) is 4.34. The molecule has 1 saturated heterocycles. The van der Waals surface area contributed by atoms with Gasteiger partial charge in [0, 0.05) is 6.42 Å². The van der Waals surface area contributed by atoms with Crippen LogP contribution in [-0.4, -0.2) is 16.7 Å². The molecule has 112 valence electrons. The van der Waals surface area contributed by atoms with E-state index in [0.717, 1.165) is 37.0 Å². The second kappa shape index (κ2) is 6.39. The Morgan fingerprint density at radius 2 is 2.19 bits per heavy atom. The molecule has 4 heteroatoms. The minimum Gasteiger partial charge on any atom is -0.338 e. The molecule has 0 spiro atoms. The van der Waals surface area contributed by atoms with E-state index < -0.39 is 0 Å². The number of rotatable bonds is 4. The molecule has 3 rings (SSSR count). The maximum Gasteiger partial charge on any atom is 0.243 e. The number of benzene rings is 1. The second-order valence-corrected chi connectivity index (χ2v) is 5.96. The van der Waals surface area contributed by atoms with Crippen molar-refractivity contribution in [2.75, 3.05) is 6.54 Å². The van der Waals surface area contributed by atoms with E-state index in [2.05, 4.69) is 53.6 Å². The first-order chi connectivity index (χ1) is 10.3. The van der Waals surface area contributed by atoms with E-state index in [1.807, 2.05) is 0 Å². The summed E-state index contributed by atoms with van der Waals surface area (Å²) in [4.78, 5) is 4.60. The molecule has 4 nitrogen and oxygen atoms in total. The Bertz CT molecular complexity index is 593. The number of nitrogens with zero attached hydrogens (tertiary/aromatic N) is 2. The third-order valence-corrected chi connectivity index (χ3v) is 4.48. The van der Waals surface area contributed by atoms with E-state index in [0.29, 0.717) is 0 Å². The number of piperidine rings is 1. The van der Waals surface area contributed by atoms with E-state index in [-0.39, 0.29) is 6.04 Å². The molecule has 0 aliphatic carbocycles. The van der Waals surface area contributed by atoms with Gasteiger partial charge in [0.25, 0.3) is 0 Å². The SMILES string of the molecule is CCC1CCNC(c2nc(Cc3ccccc3C)no2)C1. The van der Waals surface area contributed by atoms with Crippen LogP contribution in [0.2, 0.25) is 0 Å². The molecule has 0 radical (unpaired) electrons. The average molecular weight is 285 g/mol. The first-order valence-electron chi connectivity index (χ1n) is 7.86. The molecule has 1 fully saturated rings. The number of aryl methyl sites for hydroxylation is 1. The van der Waals surface area contributed by atoms with Gasteiger partial charge in [-0.05, 0) is 43.4 Å². The Hall–Kier alpha value is -1.68. The van der Waals surface area contributed by atoms with Gasteiger partial charge in [-0.1, -0.05) is 42.8 Å². The molecule has 2 aromatic rings. The summed E-state index contributed by atoms with van der Waals surface area (Å²) in [5, 5.41) is 7.64. The molecule has 1 aliphatic rings. The summed E-state index contributed by atoms with van der Waals surface area (Å²) in [5.74, 6) is 2.29. The zero-order valence-corrected chi connectivity index (χ0v) is 12.8. The number of aromatic nitrogens is 2. The molecule has 2 unspecified atom stereocenters. The number of hydrogen-bond acceptors (Lipinski definition) is 4. The van der Waals surface area contributed by atoms with E-state index >= 15 is 0 Å². The van der Waals surface area contributed by atoms with Gasteiger partial charge in [0.05, 0.1) is 6.04 Å². The molecular formula is C17H23N3O. The van der Waals surface area contributed by atoms with Gasteiger partial charge in [-0.15, -0.1) is 0 Å². The van der Waals surface area contributed by atoms with E-state index in [1.54, 1.807) is 0 Å². The molecule has 1 aromatic heterocycles. The van der Waals surface area contributed by atoms with Crippen molar-refractivity contribution < 1.29 is 4.52 Å². The molecule has 0 bridgehead atoms. The first-order valence-corrected chi connectivity index (χ1v) is 7.86. The van der Waals surface area contributed by atoms with Gasteiger partial charge < -0.3 is 9.84 Å².